The van der Waals surface area contributed by atoms with Crippen LogP contribution in [0.1, 0.15) is 28.6 Å². The second-order valence-corrected chi connectivity index (χ2v) is 4.14. The third-order valence-electron chi connectivity index (χ3n) is 2.58. The van der Waals surface area contributed by atoms with Crippen LogP contribution in [-0.2, 0) is 6.18 Å². The van der Waals surface area contributed by atoms with E-state index in [1.54, 1.807) is 6.92 Å². The fourth-order valence-electron chi connectivity index (χ4n) is 1.58. The molecule has 1 heterocycles. The monoisotopic (exact) mass is 268 g/mol. The van der Waals surface area contributed by atoms with Gasteiger partial charge in [0, 0.05) is 12.4 Å². The zero-order valence-corrected chi connectivity index (χ0v) is 10.0. The molecule has 1 aromatic carbocycles. The first-order valence-corrected chi connectivity index (χ1v) is 5.51. The number of hydrogen-bond donors (Lipinski definition) is 1. The van der Waals surface area contributed by atoms with Crippen LogP contribution in [0.15, 0.2) is 36.7 Å². The van der Waals surface area contributed by atoms with Gasteiger partial charge in [-0.15, -0.1) is 0 Å². The van der Waals surface area contributed by atoms with Gasteiger partial charge in [0.15, 0.2) is 5.82 Å². The molecule has 6 heteroatoms. The largest absolute Gasteiger partial charge is 0.416 e. The summed E-state index contributed by atoms with van der Waals surface area (Å²) in [7, 11) is 0. The molecule has 100 valence electrons. The molecule has 19 heavy (non-hydrogen) atoms. The Hall–Kier alpha value is -1.95. The second-order valence-electron chi connectivity index (χ2n) is 4.14. The maximum atomic E-state index is 12.6. The summed E-state index contributed by atoms with van der Waals surface area (Å²) >= 11 is 0. The van der Waals surface area contributed by atoms with Gasteiger partial charge in [0.1, 0.15) is 6.10 Å². The third kappa shape index (κ3) is 3.08. The lowest BCUT2D eigenvalue weighted by atomic mass is 10.1. The average Bonchev–Trinajstić information content (AvgIpc) is 2.38. The van der Waals surface area contributed by atoms with Crippen molar-refractivity contribution < 1.29 is 18.3 Å². The molecule has 0 saturated carbocycles. The van der Waals surface area contributed by atoms with Crippen molar-refractivity contribution in [1.29, 1.82) is 0 Å². The van der Waals surface area contributed by atoms with E-state index in [0.717, 1.165) is 17.7 Å². The maximum absolute atomic E-state index is 12.6. The topological polar surface area (TPSA) is 46.0 Å². The van der Waals surface area contributed by atoms with Crippen LogP contribution in [0.25, 0.3) is 0 Å². The molecule has 1 atom stereocenters. The van der Waals surface area contributed by atoms with Gasteiger partial charge in [-0.2, -0.15) is 13.2 Å². The standard InChI is InChI=1S/C13H11F3N2O/c1-8-6-17-12(18-7-8)11(19)9-3-2-4-10(5-9)13(14,15)16/h2-7,11,19H,1H3. The lowest BCUT2D eigenvalue weighted by Gasteiger charge is -2.12. The van der Waals surface area contributed by atoms with Crippen molar-refractivity contribution in [3.05, 3.63) is 59.2 Å². The van der Waals surface area contributed by atoms with Gasteiger partial charge < -0.3 is 5.11 Å². The quantitative estimate of drug-likeness (QED) is 0.911. The number of nitrogens with zero attached hydrogens (tertiary/aromatic N) is 2. The van der Waals surface area contributed by atoms with Gasteiger partial charge in [-0.05, 0) is 30.2 Å². The Morgan fingerprint density at radius 3 is 2.37 bits per heavy atom. The smallest absolute Gasteiger partial charge is 0.380 e. The SMILES string of the molecule is Cc1cnc(C(O)c2cccc(C(F)(F)F)c2)nc1. The lowest BCUT2D eigenvalue weighted by molar-refractivity contribution is -0.137. The van der Waals surface area contributed by atoms with Gasteiger partial charge in [-0.25, -0.2) is 9.97 Å². The predicted molar refractivity (Wildman–Crippen MR) is 62.3 cm³/mol. The molecular weight excluding hydrogens is 257 g/mol. The summed E-state index contributed by atoms with van der Waals surface area (Å²) in [6, 6.07) is 4.50. The molecule has 0 aliphatic heterocycles. The highest BCUT2D eigenvalue weighted by atomic mass is 19.4. The fourth-order valence-corrected chi connectivity index (χ4v) is 1.58. The Kier molecular flexibility index (Phi) is 3.53. The minimum atomic E-state index is -4.44. The molecule has 0 bridgehead atoms. The number of benzene rings is 1. The number of rotatable bonds is 2. The van der Waals surface area contributed by atoms with E-state index in [1.165, 1.54) is 24.5 Å². The van der Waals surface area contributed by atoms with Crippen molar-refractivity contribution in [2.24, 2.45) is 0 Å². The first kappa shape index (κ1) is 13.5. The highest BCUT2D eigenvalue weighted by Gasteiger charge is 2.31. The maximum Gasteiger partial charge on any atom is 0.416 e. The fraction of sp³-hybridized carbons (Fsp3) is 0.231. The van der Waals surface area contributed by atoms with Crippen LogP contribution in [0.4, 0.5) is 13.2 Å². The number of hydrogen-bond acceptors (Lipinski definition) is 3. The summed E-state index contributed by atoms with van der Waals surface area (Å²) in [4.78, 5) is 7.81. The van der Waals surface area contributed by atoms with Crippen LogP contribution in [0.2, 0.25) is 0 Å². The number of aryl methyl sites for hydroxylation is 1. The molecule has 0 amide bonds. The van der Waals surface area contributed by atoms with E-state index in [0.29, 0.717) is 0 Å². The molecule has 0 radical (unpaired) electrons. The third-order valence-corrected chi connectivity index (χ3v) is 2.58. The van der Waals surface area contributed by atoms with Crippen molar-refractivity contribution in [2.45, 2.75) is 19.2 Å². The molecule has 1 N–H and O–H groups in total. The van der Waals surface area contributed by atoms with E-state index in [2.05, 4.69) is 9.97 Å². The Morgan fingerprint density at radius 2 is 1.79 bits per heavy atom. The minimum Gasteiger partial charge on any atom is -0.380 e. The average molecular weight is 268 g/mol. The predicted octanol–water partition coefficient (Wildman–Crippen LogP) is 2.89. The molecular formula is C13H11F3N2O. The van der Waals surface area contributed by atoms with Crippen molar-refractivity contribution in [2.75, 3.05) is 0 Å². The van der Waals surface area contributed by atoms with Crippen LogP contribution in [0.3, 0.4) is 0 Å². The molecule has 2 aromatic rings. The van der Waals surface area contributed by atoms with Crippen LogP contribution >= 0.6 is 0 Å². The first-order chi connectivity index (χ1) is 8.88. The van der Waals surface area contributed by atoms with Crippen molar-refractivity contribution in [3.8, 4) is 0 Å². The van der Waals surface area contributed by atoms with E-state index in [9.17, 15) is 18.3 Å². The summed E-state index contributed by atoms with van der Waals surface area (Å²) < 4.78 is 37.7. The summed E-state index contributed by atoms with van der Waals surface area (Å²) in [5, 5.41) is 9.98. The molecule has 0 spiro atoms. The van der Waals surface area contributed by atoms with E-state index in [-0.39, 0.29) is 11.4 Å². The number of alkyl halides is 3. The Bertz CT molecular complexity index is 567. The summed E-state index contributed by atoms with van der Waals surface area (Å²) in [5.74, 6) is 0.0740. The van der Waals surface area contributed by atoms with Crippen LogP contribution in [-0.4, -0.2) is 15.1 Å². The minimum absolute atomic E-state index is 0.0740. The molecule has 1 unspecified atom stereocenters. The van der Waals surface area contributed by atoms with Gasteiger partial charge in [0.2, 0.25) is 0 Å². The van der Waals surface area contributed by atoms with Crippen molar-refractivity contribution in [1.82, 2.24) is 9.97 Å². The van der Waals surface area contributed by atoms with Crippen LogP contribution in [0.5, 0.6) is 0 Å². The number of aliphatic hydroxyl groups excluding tert-OH is 1. The summed E-state index contributed by atoms with van der Waals surface area (Å²) in [5.41, 5.74) is 0.106. The van der Waals surface area contributed by atoms with E-state index in [1.807, 2.05) is 0 Å². The number of halogens is 3. The Balaban J connectivity index is 2.34. The normalized spacial score (nSPS) is 13.3. The molecule has 2 rings (SSSR count). The molecule has 1 aromatic heterocycles. The molecule has 0 aliphatic rings. The van der Waals surface area contributed by atoms with Crippen LogP contribution in [0, 0.1) is 6.92 Å². The Labute approximate surface area is 107 Å². The van der Waals surface area contributed by atoms with E-state index < -0.39 is 17.8 Å². The van der Waals surface area contributed by atoms with Gasteiger partial charge in [-0.1, -0.05) is 12.1 Å². The number of aliphatic hydroxyl groups is 1. The zero-order chi connectivity index (χ0) is 14.0. The molecule has 0 aliphatic carbocycles. The lowest BCUT2D eigenvalue weighted by Crippen LogP contribution is -2.09. The highest BCUT2D eigenvalue weighted by Crippen LogP contribution is 2.31. The second kappa shape index (κ2) is 4.97. The molecule has 0 fully saturated rings. The summed E-state index contributed by atoms with van der Waals surface area (Å²) in [6.07, 6.45) is -2.72. The molecule has 0 saturated heterocycles. The number of aromatic nitrogens is 2. The van der Waals surface area contributed by atoms with Gasteiger partial charge >= 0.3 is 6.18 Å². The van der Waals surface area contributed by atoms with Gasteiger partial charge in [0.05, 0.1) is 5.56 Å². The Morgan fingerprint density at radius 1 is 1.16 bits per heavy atom. The van der Waals surface area contributed by atoms with Crippen molar-refractivity contribution >= 4 is 0 Å². The van der Waals surface area contributed by atoms with E-state index in [4.69, 9.17) is 0 Å². The van der Waals surface area contributed by atoms with Crippen molar-refractivity contribution in [3.63, 3.8) is 0 Å². The molecule has 3 nitrogen and oxygen atoms in total. The summed E-state index contributed by atoms with van der Waals surface area (Å²) in [6.45, 7) is 1.78. The zero-order valence-electron chi connectivity index (χ0n) is 10.0. The van der Waals surface area contributed by atoms with Gasteiger partial charge in [0.25, 0.3) is 0 Å². The highest BCUT2D eigenvalue weighted by molar-refractivity contribution is 5.29. The van der Waals surface area contributed by atoms with Gasteiger partial charge in [-0.3, -0.25) is 0 Å². The van der Waals surface area contributed by atoms with Crippen LogP contribution < -0.4 is 0 Å². The van der Waals surface area contributed by atoms with E-state index >= 15 is 0 Å². The first-order valence-electron chi connectivity index (χ1n) is 5.51.